The van der Waals surface area contributed by atoms with E-state index in [2.05, 4.69) is 30.8 Å². The maximum atomic E-state index is 16.3. The summed E-state index contributed by atoms with van der Waals surface area (Å²) < 4.78 is 39.6. The van der Waals surface area contributed by atoms with Crippen LogP contribution in [0.25, 0.3) is 5.65 Å². The lowest BCUT2D eigenvalue weighted by Crippen LogP contribution is -2.60. The maximum absolute atomic E-state index is 16.3. The van der Waals surface area contributed by atoms with Gasteiger partial charge in [-0.15, -0.1) is 5.10 Å². The predicted octanol–water partition coefficient (Wildman–Crippen LogP) is 4.75. The molecular formula is C47H58F2N12O5. The molecule has 5 fully saturated rings. The molecule has 3 N–H and O–H groups in total. The number of hydrogen-bond donors (Lipinski definition) is 3. The molecule has 1 unspecified atom stereocenters. The topological polar surface area (TPSA) is 173 Å². The number of methoxy groups -OCH3 is 1. The van der Waals surface area contributed by atoms with Crippen LogP contribution in [-0.2, 0) is 22.5 Å². The molecule has 5 aliphatic heterocycles. The zero-order chi connectivity index (χ0) is 45.9. The number of aromatic nitrogens is 4. The minimum absolute atomic E-state index is 0.00447. The van der Waals surface area contributed by atoms with Crippen LogP contribution in [0, 0.1) is 12.3 Å². The highest BCUT2D eigenvalue weighted by Gasteiger charge is 2.50. The van der Waals surface area contributed by atoms with E-state index >= 15 is 8.78 Å². The number of halogens is 2. The van der Waals surface area contributed by atoms with E-state index in [1.807, 2.05) is 52.9 Å². The van der Waals surface area contributed by atoms with Gasteiger partial charge in [0.2, 0.25) is 5.91 Å². The molecule has 1 aromatic carbocycles. The average molecular weight is 909 g/mol. The lowest BCUT2D eigenvalue weighted by Gasteiger charge is -2.50. The molecule has 3 atom stereocenters. The minimum atomic E-state index is -2.88. The summed E-state index contributed by atoms with van der Waals surface area (Å²) in [5.74, 6) is -3.01. The minimum Gasteiger partial charge on any atom is -0.385 e. The molecule has 10 rings (SSSR count). The van der Waals surface area contributed by atoms with Crippen molar-refractivity contribution in [3.05, 3.63) is 70.8 Å². The lowest BCUT2D eigenvalue weighted by molar-refractivity contribution is -0.139. The summed E-state index contributed by atoms with van der Waals surface area (Å²) in [5, 5.41) is 13.5. The van der Waals surface area contributed by atoms with E-state index in [1.165, 1.54) is 4.90 Å². The second-order valence-corrected chi connectivity index (χ2v) is 19.0. The number of benzene rings is 1. The number of nitrogens with zero attached hydrogens (tertiary/aromatic N) is 9. The number of alkyl halides is 2. The molecule has 66 heavy (non-hydrogen) atoms. The average Bonchev–Trinajstić information content (AvgIpc) is 3.94. The van der Waals surface area contributed by atoms with Gasteiger partial charge in [-0.1, -0.05) is 12.1 Å². The molecule has 5 amide bonds. The summed E-state index contributed by atoms with van der Waals surface area (Å²) in [7, 11) is 3.47. The number of hydrogen-bond acceptors (Lipinski definition) is 12. The molecule has 8 heterocycles. The first-order valence-electron chi connectivity index (χ1n) is 23.3. The highest BCUT2D eigenvalue weighted by molar-refractivity contribution is 6.06. The Labute approximate surface area is 382 Å². The van der Waals surface area contributed by atoms with Crippen molar-refractivity contribution in [1.29, 1.82) is 0 Å². The number of likely N-dealkylation sites (tertiary alicyclic amines) is 3. The van der Waals surface area contributed by atoms with E-state index in [-0.39, 0.29) is 60.5 Å². The van der Waals surface area contributed by atoms with Gasteiger partial charge in [0.05, 0.1) is 42.3 Å². The molecule has 0 radical (unpaired) electrons. The molecule has 1 saturated carbocycles. The Morgan fingerprint density at radius 1 is 0.909 bits per heavy atom. The molecule has 4 saturated heterocycles. The fourth-order valence-corrected chi connectivity index (χ4v) is 11.2. The molecule has 17 nitrogen and oxygen atoms in total. The van der Waals surface area contributed by atoms with E-state index < -0.39 is 18.0 Å². The first-order valence-corrected chi connectivity index (χ1v) is 23.3. The summed E-state index contributed by atoms with van der Waals surface area (Å²) in [5.41, 5.74) is 6.29. The third kappa shape index (κ3) is 8.12. The Hall–Kier alpha value is -5.79. The van der Waals surface area contributed by atoms with Crippen molar-refractivity contribution in [2.45, 2.75) is 95.4 Å². The molecule has 0 bridgehead atoms. The Morgan fingerprint density at radius 3 is 2.39 bits per heavy atom. The fourth-order valence-electron chi connectivity index (χ4n) is 11.2. The van der Waals surface area contributed by atoms with Gasteiger partial charge in [0, 0.05) is 77.8 Å². The fraction of sp³-hybridized carbons (Fsp3) is 0.553. The molecule has 1 aliphatic carbocycles. The Bertz CT molecular complexity index is 2550. The van der Waals surface area contributed by atoms with Crippen molar-refractivity contribution in [2.24, 2.45) is 5.41 Å². The molecule has 3 aromatic heterocycles. The summed E-state index contributed by atoms with van der Waals surface area (Å²) in [4.78, 5) is 69.5. The van der Waals surface area contributed by atoms with Crippen molar-refractivity contribution in [3.8, 4) is 0 Å². The SMILES string of the molecule is CNc1cc(N2CCc3c(CN4CCC(N5CCC6(CCN(C(=O)c7cc(N8CCC(=O)NC8=O)c(C)cn7)CC6)CC5)C(F)(F)C4)cccc32)nn2c(C(=O)N[C@@H]3CC[C@H]3OC)cnc12. The number of imidazole rings is 1. The van der Waals surface area contributed by atoms with E-state index in [0.29, 0.717) is 75.1 Å². The normalized spacial score (nSPS) is 24.3. The summed E-state index contributed by atoms with van der Waals surface area (Å²) in [6, 6.07) is 8.26. The van der Waals surface area contributed by atoms with Crippen LogP contribution in [0.3, 0.4) is 0 Å². The van der Waals surface area contributed by atoms with E-state index in [0.717, 1.165) is 73.0 Å². The van der Waals surface area contributed by atoms with Crippen molar-refractivity contribution in [2.75, 3.05) is 81.6 Å². The third-order valence-electron chi connectivity index (χ3n) is 15.3. The second kappa shape index (κ2) is 17.5. The number of carbonyl (C=O) groups excluding carboxylic acids is 4. The van der Waals surface area contributed by atoms with Crippen molar-refractivity contribution < 1.29 is 32.7 Å². The van der Waals surface area contributed by atoms with Gasteiger partial charge in [0.15, 0.2) is 17.2 Å². The van der Waals surface area contributed by atoms with Crippen molar-refractivity contribution >= 4 is 52.3 Å². The summed E-state index contributed by atoms with van der Waals surface area (Å²) in [6.07, 6.45) is 9.41. The number of imide groups is 1. The number of aryl methyl sites for hydroxylation is 1. The number of rotatable bonds is 10. The third-order valence-corrected chi connectivity index (χ3v) is 15.3. The number of pyridine rings is 1. The van der Waals surface area contributed by atoms with Crippen LogP contribution in [0.2, 0.25) is 0 Å². The van der Waals surface area contributed by atoms with Gasteiger partial charge in [0.1, 0.15) is 5.69 Å². The van der Waals surface area contributed by atoms with Crippen LogP contribution in [-0.4, -0.2) is 149 Å². The van der Waals surface area contributed by atoms with Crippen LogP contribution in [0.4, 0.5) is 36.5 Å². The number of fused-ring (bicyclic) bond motifs is 2. The van der Waals surface area contributed by atoms with Crippen LogP contribution in [0.15, 0.2) is 42.7 Å². The number of amides is 5. The number of nitrogens with one attached hydrogen (secondary N) is 3. The summed E-state index contributed by atoms with van der Waals surface area (Å²) >= 11 is 0. The first kappa shape index (κ1) is 44.1. The van der Waals surface area contributed by atoms with Gasteiger partial charge in [-0.2, -0.15) is 0 Å². The van der Waals surface area contributed by atoms with E-state index in [9.17, 15) is 19.2 Å². The second-order valence-electron chi connectivity index (χ2n) is 19.0. The zero-order valence-corrected chi connectivity index (χ0v) is 37.8. The Kier molecular flexibility index (Phi) is 11.7. The maximum Gasteiger partial charge on any atom is 0.328 e. The standard InChI is InChI=1S/C47H58F2N12O5/c1-29-25-51-34(23-36(29)60-18-11-41(62)54-45(60)65)44(64)58-21-14-46(15-22-58)12-19-57(20-13-46)39-10-16-56(28-47(39,48)49)27-30-5-4-6-35-31(30)9-17-59(35)40-24-33(50-2)42-52-26-37(61(42)55-40)43(63)53-32-7-8-38(32)66-3/h4-6,23-26,32,38-39,50H,7-22,27-28H2,1-3H3,(H,53,63)(H,54,62,65)/t32-,38-,39?/m1/s1. The largest absolute Gasteiger partial charge is 0.385 e. The zero-order valence-electron chi connectivity index (χ0n) is 37.8. The van der Waals surface area contributed by atoms with Crippen molar-refractivity contribution in [3.63, 3.8) is 0 Å². The van der Waals surface area contributed by atoms with Gasteiger partial charge in [-0.3, -0.25) is 39.4 Å². The molecule has 4 aromatic rings. The van der Waals surface area contributed by atoms with Crippen molar-refractivity contribution in [1.82, 2.24) is 44.9 Å². The van der Waals surface area contributed by atoms with E-state index in [1.54, 1.807) is 30.1 Å². The van der Waals surface area contributed by atoms with E-state index in [4.69, 9.17) is 9.84 Å². The number of carbonyl (C=O) groups is 4. The smallest absolute Gasteiger partial charge is 0.328 e. The first-order chi connectivity index (χ1) is 31.8. The number of anilines is 4. The van der Waals surface area contributed by atoms with Crippen LogP contribution in [0.1, 0.15) is 89.0 Å². The van der Waals surface area contributed by atoms with Crippen LogP contribution < -0.4 is 25.8 Å². The summed E-state index contributed by atoms with van der Waals surface area (Å²) in [6.45, 7) is 5.72. The molecule has 6 aliphatic rings. The number of piperidine rings is 3. The predicted molar refractivity (Wildman–Crippen MR) is 242 cm³/mol. The van der Waals surface area contributed by atoms with Gasteiger partial charge in [-0.05, 0) is 106 Å². The Morgan fingerprint density at radius 2 is 1.68 bits per heavy atom. The van der Waals surface area contributed by atoms with Gasteiger partial charge in [0.25, 0.3) is 17.7 Å². The molecule has 350 valence electrons. The number of ether oxygens (including phenoxy) is 1. The van der Waals surface area contributed by atoms with Gasteiger partial charge < -0.3 is 25.2 Å². The van der Waals surface area contributed by atoms with Crippen LogP contribution in [0.5, 0.6) is 0 Å². The lowest BCUT2D eigenvalue weighted by atomic mass is 9.70. The molecule has 19 heteroatoms. The highest BCUT2D eigenvalue weighted by Crippen LogP contribution is 2.45. The number of urea groups is 1. The Balaban J connectivity index is 0.747. The monoisotopic (exact) mass is 908 g/mol. The molecule has 1 spiro atoms. The highest BCUT2D eigenvalue weighted by atomic mass is 19.3. The quantitative estimate of drug-likeness (QED) is 0.200. The van der Waals surface area contributed by atoms with Gasteiger partial charge >= 0.3 is 6.03 Å². The molecular weight excluding hydrogens is 851 g/mol. The van der Waals surface area contributed by atoms with Crippen LogP contribution >= 0.6 is 0 Å². The van der Waals surface area contributed by atoms with Gasteiger partial charge in [-0.25, -0.2) is 23.1 Å².